The average molecular weight is 466 g/mol. The van der Waals surface area contributed by atoms with Gasteiger partial charge in [0.2, 0.25) is 5.78 Å². The lowest BCUT2D eigenvalue weighted by molar-refractivity contribution is -0.141. The molecule has 0 fully saturated rings. The molecule has 2 amide bonds. The SMILES string of the molecule is CC(C)C(NC(=O)OCC(C)(C)C)C(=O)CC1Cc2nc(cs2)CCCCNC(=O)C1=O. The van der Waals surface area contributed by atoms with Gasteiger partial charge >= 0.3 is 6.09 Å². The summed E-state index contributed by atoms with van der Waals surface area (Å²) in [5.74, 6) is -2.61. The highest BCUT2D eigenvalue weighted by molar-refractivity contribution is 7.09. The van der Waals surface area contributed by atoms with Crippen molar-refractivity contribution in [3.63, 3.8) is 0 Å². The van der Waals surface area contributed by atoms with Gasteiger partial charge in [-0.2, -0.15) is 0 Å². The summed E-state index contributed by atoms with van der Waals surface area (Å²) >= 11 is 1.44. The smallest absolute Gasteiger partial charge is 0.407 e. The Hall–Kier alpha value is -2.29. The molecule has 2 atom stereocenters. The molecule has 2 rings (SSSR count). The van der Waals surface area contributed by atoms with Crippen molar-refractivity contribution in [2.45, 2.75) is 72.8 Å². The summed E-state index contributed by atoms with van der Waals surface area (Å²) in [5, 5.41) is 8.00. The van der Waals surface area contributed by atoms with E-state index in [1.165, 1.54) is 11.3 Å². The molecule has 2 N–H and O–H groups in total. The lowest BCUT2D eigenvalue weighted by Gasteiger charge is -2.24. The molecule has 178 valence electrons. The van der Waals surface area contributed by atoms with Crippen molar-refractivity contribution in [1.29, 1.82) is 0 Å². The number of aryl methyl sites for hydroxylation is 1. The van der Waals surface area contributed by atoms with Gasteiger partial charge in [-0.1, -0.05) is 34.6 Å². The largest absolute Gasteiger partial charge is 0.449 e. The predicted molar refractivity (Wildman–Crippen MR) is 122 cm³/mol. The maximum atomic E-state index is 13.1. The van der Waals surface area contributed by atoms with Gasteiger partial charge in [-0.3, -0.25) is 14.4 Å². The third-order valence-corrected chi connectivity index (χ3v) is 6.05. The van der Waals surface area contributed by atoms with Crippen LogP contribution in [-0.4, -0.2) is 47.7 Å². The molecule has 9 heteroatoms. The van der Waals surface area contributed by atoms with Gasteiger partial charge in [-0.15, -0.1) is 11.3 Å². The second-order valence-corrected chi connectivity index (χ2v) is 10.8. The zero-order valence-electron chi connectivity index (χ0n) is 19.7. The number of aromatic nitrogens is 1. The van der Waals surface area contributed by atoms with Crippen LogP contribution in [0, 0.1) is 17.3 Å². The molecular weight excluding hydrogens is 430 g/mol. The molecule has 0 aromatic carbocycles. The van der Waals surface area contributed by atoms with Gasteiger partial charge in [0.15, 0.2) is 5.78 Å². The second-order valence-electron chi connectivity index (χ2n) is 9.88. The van der Waals surface area contributed by atoms with Crippen LogP contribution < -0.4 is 10.6 Å². The molecule has 0 saturated heterocycles. The monoisotopic (exact) mass is 465 g/mol. The Morgan fingerprint density at radius 1 is 1.28 bits per heavy atom. The van der Waals surface area contributed by atoms with E-state index in [0.717, 1.165) is 30.0 Å². The van der Waals surface area contributed by atoms with Crippen molar-refractivity contribution in [2.75, 3.05) is 13.2 Å². The van der Waals surface area contributed by atoms with Gasteiger partial charge in [0.05, 0.1) is 23.4 Å². The van der Waals surface area contributed by atoms with Gasteiger partial charge < -0.3 is 15.4 Å². The van der Waals surface area contributed by atoms with Crippen molar-refractivity contribution < 1.29 is 23.9 Å². The van der Waals surface area contributed by atoms with Crippen molar-refractivity contribution in [3.8, 4) is 0 Å². The molecule has 0 saturated carbocycles. The van der Waals surface area contributed by atoms with Crippen molar-refractivity contribution in [3.05, 3.63) is 16.1 Å². The van der Waals surface area contributed by atoms with E-state index in [1.807, 2.05) is 40.0 Å². The van der Waals surface area contributed by atoms with E-state index in [4.69, 9.17) is 4.74 Å². The first-order valence-electron chi connectivity index (χ1n) is 11.2. The van der Waals surface area contributed by atoms with Crippen LogP contribution in [0.1, 0.15) is 64.6 Å². The summed E-state index contributed by atoms with van der Waals surface area (Å²) in [6, 6.07) is -0.813. The number of nitrogens with zero attached hydrogens (tertiary/aromatic N) is 1. The fourth-order valence-corrected chi connectivity index (χ4v) is 4.28. The Morgan fingerprint density at radius 3 is 2.66 bits per heavy atom. The quantitative estimate of drug-likeness (QED) is 0.624. The Kier molecular flexibility index (Phi) is 9.36. The van der Waals surface area contributed by atoms with Gasteiger partial charge in [-0.05, 0) is 30.6 Å². The van der Waals surface area contributed by atoms with Crippen LogP contribution in [-0.2, 0) is 32.0 Å². The summed E-state index contributed by atoms with van der Waals surface area (Å²) in [5.41, 5.74) is 0.770. The van der Waals surface area contributed by atoms with Crippen LogP contribution in [0.4, 0.5) is 4.79 Å². The Bertz CT molecular complexity index is 828. The molecule has 2 unspecified atom stereocenters. The molecular formula is C23H35N3O5S. The summed E-state index contributed by atoms with van der Waals surface area (Å²) in [6.45, 7) is 10.1. The number of ketones is 2. The number of alkyl carbamates (subject to hydrolysis) is 1. The van der Waals surface area contributed by atoms with Crippen LogP contribution in [0.25, 0.3) is 0 Å². The fourth-order valence-electron chi connectivity index (χ4n) is 3.37. The third kappa shape index (κ3) is 8.33. The first kappa shape index (κ1) is 26.0. The number of Topliss-reactive ketones (excluding diaryl/α,β-unsaturated/α-hetero) is 2. The average Bonchev–Trinajstić information content (AvgIpc) is 3.14. The second kappa shape index (κ2) is 11.5. The maximum Gasteiger partial charge on any atom is 0.407 e. The summed E-state index contributed by atoms with van der Waals surface area (Å²) in [6.07, 6.45) is 1.86. The Balaban J connectivity index is 2.13. The highest BCUT2D eigenvalue weighted by Crippen LogP contribution is 2.21. The minimum atomic E-state index is -0.824. The molecule has 1 aromatic rings. The number of ether oxygens (including phenoxy) is 1. The molecule has 32 heavy (non-hydrogen) atoms. The van der Waals surface area contributed by atoms with Gasteiger partial charge in [0, 0.05) is 30.7 Å². The maximum absolute atomic E-state index is 13.1. The molecule has 0 radical (unpaired) electrons. The number of carbonyl (C=O) groups excluding carboxylic acids is 4. The van der Waals surface area contributed by atoms with E-state index in [-0.39, 0.29) is 36.6 Å². The number of rotatable bonds is 6. The predicted octanol–water partition coefficient (Wildman–Crippen LogP) is 3.08. The van der Waals surface area contributed by atoms with Crippen molar-refractivity contribution >= 4 is 34.9 Å². The van der Waals surface area contributed by atoms with E-state index in [1.54, 1.807) is 0 Å². The molecule has 1 aromatic heterocycles. The Morgan fingerprint density at radius 2 is 2.00 bits per heavy atom. The van der Waals surface area contributed by atoms with Crippen LogP contribution >= 0.6 is 11.3 Å². The lowest BCUT2D eigenvalue weighted by Crippen LogP contribution is -2.47. The van der Waals surface area contributed by atoms with E-state index in [9.17, 15) is 19.2 Å². The highest BCUT2D eigenvalue weighted by atomic mass is 32.1. The number of thiazole rings is 1. The van der Waals surface area contributed by atoms with Crippen LogP contribution in [0.5, 0.6) is 0 Å². The topological polar surface area (TPSA) is 114 Å². The van der Waals surface area contributed by atoms with E-state index in [2.05, 4.69) is 15.6 Å². The zero-order chi connectivity index (χ0) is 23.9. The number of carbonyl (C=O) groups is 4. The van der Waals surface area contributed by atoms with E-state index < -0.39 is 29.7 Å². The van der Waals surface area contributed by atoms with E-state index in [0.29, 0.717) is 6.54 Å². The van der Waals surface area contributed by atoms with Crippen molar-refractivity contribution in [2.24, 2.45) is 17.3 Å². The number of hydrogen-bond donors (Lipinski definition) is 2. The molecule has 0 aliphatic carbocycles. The van der Waals surface area contributed by atoms with Crippen molar-refractivity contribution in [1.82, 2.24) is 15.6 Å². The summed E-state index contributed by atoms with van der Waals surface area (Å²) in [7, 11) is 0. The number of fused-ring (bicyclic) bond motifs is 2. The van der Waals surface area contributed by atoms with Gasteiger partial charge in [0.1, 0.15) is 0 Å². The minimum Gasteiger partial charge on any atom is -0.449 e. The zero-order valence-corrected chi connectivity index (χ0v) is 20.5. The minimum absolute atomic E-state index is 0.149. The summed E-state index contributed by atoms with van der Waals surface area (Å²) in [4.78, 5) is 55.1. The van der Waals surface area contributed by atoms with Crippen LogP contribution in [0.3, 0.4) is 0 Å². The fraction of sp³-hybridized carbons (Fsp3) is 0.696. The molecule has 1 aliphatic rings. The van der Waals surface area contributed by atoms with E-state index >= 15 is 0 Å². The Labute approximate surface area is 193 Å². The first-order valence-corrected chi connectivity index (χ1v) is 12.1. The molecule has 0 spiro atoms. The van der Waals surface area contributed by atoms with Gasteiger partial charge in [-0.25, -0.2) is 9.78 Å². The first-order chi connectivity index (χ1) is 15.0. The highest BCUT2D eigenvalue weighted by Gasteiger charge is 2.33. The molecule has 2 bridgehead atoms. The van der Waals surface area contributed by atoms with Crippen LogP contribution in [0.2, 0.25) is 0 Å². The third-order valence-electron chi connectivity index (χ3n) is 5.13. The van der Waals surface area contributed by atoms with Crippen LogP contribution in [0.15, 0.2) is 5.38 Å². The normalized spacial score (nSPS) is 18.9. The standard InChI is InChI=1S/C23H35N3O5S/c1-14(2)19(26-22(30)31-13-23(3,4)5)17(27)10-15-11-18-25-16(12-32-18)8-6-7-9-24-21(29)20(15)28/h12,14-15,19H,6-11,13H2,1-5H3,(H,24,29)(H,26,30). The van der Waals surface area contributed by atoms with Gasteiger partial charge in [0.25, 0.3) is 5.91 Å². The summed E-state index contributed by atoms with van der Waals surface area (Å²) < 4.78 is 5.24. The molecule has 8 nitrogen and oxygen atoms in total. The number of amides is 2. The lowest BCUT2D eigenvalue weighted by atomic mass is 9.88. The molecule has 1 aliphatic heterocycles. The molecule has 2 heterocycles. The number of hydrogen-bond acceptors (Lipinski definition) is 7. The number of nitrogens with one attached hydrogen (secondary N) is 2.